The predicted molar refractivity (Wildman–Crippen MR) is 332 cm³/mol. The molecular formula is C61H77N13O17S. The second kappa shape index (κ2) is 35.9. The zero-order valence-corrected chi connectivity index (χ0v) is 51.2. The summed E-state index contributed by atoms with van der Waals surface area (Å²) >= 11 is 1.32. The van der Waals surface area contributed by atoms with Crippen molar-refractivity contribution in [3.8, 4) is 17.2 Å². The van der Waals surface area contributed by atoms with Gasteiger partial charge in [-0.3, -0.25) is 47.9 Å². The number of hydrogen-bond acceptors (Lipinski definition) is 19. The van der Waals surface area contributed by atoms with E-state index < -0.39 is 145 Å². The number of aliphatic hydroxyl groups excluding tert-OH is 2. The lowest BCUT2D eigenvalue weighted by Gasteiger charge is -2.29. The second-order valence-corrected chi connectivity index (χ2v) is 22.5. The highest BCUT2D eigenvalue weighted by atomic mass is 32.2. The molecule has 0 fully saturated rings. The minimum Gasteiger partial charge on any atom is -0.508 e. The van der Waals surface area contributed by atoms with Gasteiger partial charge in [-0.1, -0.05) is 66.7 Å². The SMILES string of the molecule is CSCC[C@H](NC(=O)[C@H](Cc1ccc(O)cc1)NC(=O)[C@H](Cc1ccc(O)cc1)NC(=O)[C@H](CC(N)=O)NC(=O)[C@@H](NC(=O)[C@H](Cc1ccccc1)NC(=O)[C@@H](NC(=O)[C@H](Cc1ccc(O)cc1)NC(=O)CN)[C@@H](C)O)[C@@H](C)O)C(=O)N[C@@H](Cc1cnc[nH]1)C(=O)O. The number of phenols is 3. The third-order valence-corrected chi connectivity index (χ3v) is 14.8. The van der Waals surface area contributed by atoms with Crippen LogP contribution in [-0.4, -0.2) is 191 Å². The van der Waals surface area contributed by atoms with Crippen LogP contribution in [-0.2, 0) is 84.8 Å². The number of primary amides is 1. The average molecular weight is 1300 g/mol. The van der Waals surface area contributed by atoms with E-state index >= 15 is 0 Å². The normalized spacial score (nSPS) is 14.6. The van der Waals surface area contributed by atoms with Crippen molar-refractivity contribution in [2.45, 2.75) is 125 Å². The molecule has 1 heterocycles. The van der Waals surface area contributed by atoms with E-state index in [0.29, 0.717) is 33.7 Å². The van der Waals surface area contributed by atoms with Crippen molar-refractivity contribution < 1.29 is 83.4 Å². The minimum atomic E-state index is -1.98. The summed E-state index contributed by atoms with van der Waals surface area (Å²) in [5.74, 6) is -12.0. The third kappa shape index (κ3) is 23.7. The first kappa shape index (κ1) is 72.6. The molecule has 31 heteroatoms. The number of nitrogens with one attached hydrogen (secondary N) is 10. The Morgan fingerprint density at radius 3 is 1.22 bits per heavy atom. The number of aromatic amines is 1. The van der Waals surface area contributed by atoms with Gasteiger partial charge in [0.2, 0.25) is 59.1 Å². The smallest absolute Gasteiger partial charge is 0.326 e. The largest absolute Gasteiger partial charge is 0.508 e. The molecule has 0 aliphatic rings. The quantitative estimate of drug-likeness (QED) is 0.0188. The van der Waals surface area contributed by atoms with E-state index in [1.54, 1.807) is 36.6 Å². The van der Waals surface area contributed by atoms with Crippen LogP contribution in [0.2, 0.25) is 0 Å². The van der Waals surface area contributed by atoms with Gasteiger partial charge in [0.05, 0.1) is 31.5 Å². The molecule has 4 aromatic carbocycles. The number of nitrogens with zero attached hydrogens (tertiary/aromatic N) is 1. The van der Waals surface area contributed by atoms with Crippen molar-refractivity contribution in [2.24, 2.45) is 11.5 Å². The number of aliphatic hydroxyl groups is 2. The highest BCUT2D eigenvalue weighted by Gasteiger charge is 2.38. The maximum atomic E-state index is 14.7. The molecule has 0 bridgehead atoms. The molecule has 0 unspecified atom stereocenters. The average Bonchev–Trinajstić information content (AvgIpc) is 1.13. The van der Waals surface area contributed by atoms with Crippen molar-refractivity contribution in [1.82, 2.24) is 57.8 Å². The Morgan fingerprint density at radius 2 is 0.837 bits per heavy atom. The highest BCUT2D eigenvalue weighted by Crippen LogP contribution is 2.17. The number of H-pyrrole nitrogens is 1. The number of aromatic nitrogens is 2. The summed E-state index contributed by atoms with van der Waals surface area (Å²) in [5, 5.41) is 83.9. The molecule has 0 saturated heterocycles. The number of benzene rings is 4. The van der Waals surface area contributed by atoms with Gasteiger partial charge in [-0.15, -0.1) is 0 Å². The molecule has 494 valence electrons. The minimum absolute atomic E-state index is 0.0108. The number of carbonyl (C=O) groups excluding carboxylic acids is 10. The topological polar surface area (TPSA) is 498 Å². The van der Waals surface area contributed by atoms with Crippen LogP contribution in [0, 0.1) is 0 Å². The Hall–Kier alpha value is -10.1. The summed E-state index contributed by atoms with van der Waals surface area (Å²) in [6.07, 6.45) is -1.30. The predicted octanol–water partition coefficient (Wildman–Crippen LogP) is -3.16. The number of aromatic hydroxyl groups is 3. The van der Waals surface area contributed by atoms with Gasteiger partial charge in [-0.05, 0) is 90.9 Å². The zero-order valence-electron chi connectivity index (χ0n) is 50.4. The Morgan fingerprint density at radius 1 is 0.478 bits per heavy atom. The number of amides is 10. The lowest BCUT2D eigenvalue weighted by Crippen LogP contribution is -2.63. The molecule has 30 nitrogen and oxygen atoms in total. The standard InChI is InChI=1S/C61H77N13O17S/c1-32(75)51(73-57(86)43(66-50(81)29-62)24-35-9-15-39(77)16-10-35)59(88)70-46(23-34-7-5-4-6-8-34)58(87)74-52(33(2)76)60(89)71-47(28-49(63)80)56(85)69-45(26-37-13-19-41(79)20-14-37)55(84)68-44(25-36-11-17-40(78)18-12-36)54(83)67-42(21-22-92-3)53(82)72-48(61(90)91)27-38-30-64-31-65-38/h4-20,30-33,42-48,51-52,75-79H,21-29,62H2,1-3H3,(H2,63,80)(H,64,65)(H,66,81)(H,67,83)(H,68,84)(H,69,85)(H,70,88)(H,71,89)(H,72,82)(H,73,86)(H,74,87)(H,90,91)/t32-,33-,42+,43+,44+,45+,46+,47+,48+,51+,52+/m1/s1. The molecule has 1 aromatic heterocycles. The van der Waals surface area contributed by atoms with Crippen LogP contribution in [0.3, 0.4) is 0 Å². The van der Waals surface area contributed by atoms with E-state index in [4.69, 9.17) is 11.5 Å². The van der Waals surface area contributed by atoms with Crippen molar-refractivity contribution in [3.05, 3.63) is 144 Å². The van der Waals surface area contributed by atoms with E-state index in [1.807, 2.05) is 0 Å². The van der Waals surface area contributed by atoms with E-state index in [0.717, 1.165) is 13.8 Å². The van der Waals surface area contributed by atoms with Gasteiger partial charge in [0.1, 0.15) is 71.6 Å². The summed E-state index contributed by atoms with van der Waals surface area (Å²) in [5.41, 5.74) is 13.1. The highest BCUT2D eigenvalue weighted by molar-refractivity contribution is 7.98. The summed E-state index contributed by atoms with van der Waals surface area (Å²) < 4.78 is 0. The van der Waals surface area contributed by atoms with Crippen LogP contribution >= 0.6 is 11.8 Å². The first-order valence-electron chi connectivity index (χ1n) is 28.9. The molecule has 0 aliphatic carbocycles. The molecule has 10 amide bonds. The Balaban J connectivity index is 1.40. The summed E-state index contributed by atoms with van der Waals surface area (Å²) in [6.45, 7) is 1.73. The van der Waals surface area contributed by atoms with E-state index in [-0.39, 0.29) is 55.8 Å². The number of carboxylic acid groups (broad SMARTS) is 1. The number of nitrogens with two attached hydrogens (primary N) is 2. The maximum absolute atomic E-state index is 14.7. The second-order valence-electron chi connectivity index (χ2n) is 21.5. The Labute approximate surface area is 532 Å². The van der Waals surface area contributed by atoms with Crippen LogP contribution in [0.1, 0.15) is 54.6 Å². The summed E-state index contributed by atoms with van der Waals surface area (Å²) in [7, 11) is 0. The van der Waals surface area contributed by atoms with E-state index in [9.17, 15) is 83.4 Å². The molecule has 5 aromatic rings. The number of imidazole rings is 1. The molecule has 0 saturated carbocycles. The fourth-order valence-corrected chi connectivity index (χ4v) is 9.68. The maximum Gasteiger partial charge on any atom is 0.326 e. The molecule has 0 spiro atoms. The number of carbonyl (C=O) groups is 11. The number of phenolic OH excluding ortho intramolecular Hbond substituents is 3. The molecule has 0 aliphatic heterocycles. The van der Waals surface area contributed by atoms with Gasteiger partial charge in [0.15, 0.2) is 0 Å². The number of hydrogen-bond donors (Lipinski definition) is 18. The van der Waals surface area contributed by atoms with Gasteiger partial charge < -0.3 is 94.9 Å². The van der Waals surface area contributed by atoms with Crippen LogP contribution in [0.15, 0.2) is 116 Å². The van der Waals surface area contributed by atoms with E-state index in [2.05, 4.69) is 57.8 Å². The van der Waals surface area contributed by atoms with Gasteiger partial charge in [-0.2, -0.15) is 11.8 Å². The first-order chi connectivity index (χ1) is 43.7. The van der Waals surface area contributed by atoms with Crippen LogP contribution in [0.5, 0.6) is 17.2 Å². The van der Waals surface area contributed by atoms with Crippen LogP contribution in [0.4, 0.5) is 0 Å². The molecule has 0 radical (unpaired) electrons. The Kier molecular flexibility index (Phi) is 28.4. The summed E-state index contributed by atoms with van der Waals surface area (Å²) in [6, 6.07) is 9.78. The van der Waals surface area contributed by atoms with E-state index in [1.165, 1.54) is 97.1 Å². The van der Waals surface area contributed by atoms with Crippen molar-refractivity contribution in [3.63, 3.8) is 0 Å². The molecular weight excluding hydrogens is 1220 g/mol. The van der Waals surface area contributed by atoms with Crippen molar-refractivity contribution in [2.75, 3.05) is 18.6 Å². The fraction of sp³-hybridized carbons (Fsp3) is 0.377. The lowest BCUT2D eigenvalue weighted by molar-refractivity contribution is -0.142. The molecule has 5 rings (SSSR count). The number of carboxylic acids is 1. The first-order valence-corrected chi connectivity index (χ1v) is 30.3. The van der Waals surface area contributed by atoms with Gasteiger partial charge in [0, 0.05) is 44.0 Å². The van der Waals surface area contributed by atoms with Gasteiger partial charge >= 0.3 is 5.97 Å². The molecule has 20 N–H and O–H groups in total. The van der Waals surface area contributed by atoms with Crippen molar-refractivity contribution >= 4 is 76.8 Å². The Bertz CT molecular complexity index is 3310. The lowest BCUT2D eigenvalue weighted by atomic mass is 10.0. The van der Waals surface area contributed by atoms with Crippen LogP contribution < -0.4 is 59.3 Å². The van der Waals surface area contributed by atoms with Crippen molar-refractivity contribution in [1.29, 1.82) is 0 Å². The molecule has 92 heavy (non-hydrogen) atoms. The number of rotatable bonds is 36. The van der Waals surface area contributed by atoms with Gasteiger partial charge in [-0.25, -0.2) is 9.78 Å². The third-order valence-electron chi connectivity index (χ3n) is 14.1. The fourth-order valence-electron chi connectivity index (χ4n) is 9.21. The summed E-state index contributed by atoms with van der Waals surface area (Å²) in [4.78, 5) is 158. The zero-order chi connectivity index (χ0) is 67.6. The number of thioether (sulfide) groups is 1. The number of aliphatic carboxylic acids is 1. The molecule has 11 atom stereocenters. The monoisotopic (exact) mass is 1300 g/mol. The van der Waals surface area contributed by atoms with Gasteiger partial charge in [0.25, 0.3) is 0 Å². The van der Waals surface area contributed by atoms with Crippen LogP contribution in [0.25, 0.3) is 0 Å².